The first kappa shape index (κ1) is 28.5. The van der Waals surface area contributed by atoms with Crippen LogP contribution in [0, 0.1) is 10.8 Å². The minimum Gasteiger partial charge on any atom is -0.466 e. The number of hydrogen-bond acceptors (Lipinski definition) is 10. The van der Waals surface area contributed by atoms with Crippen LogP contribution in [0.3, 0.4) is 0 Å². The van der Waals surface area contributed by atoms with E-state index in [0.717, 1.165) is 0 Å². The van der Waals surface area contributed by atoms with Crippen LogP contribution in [0.5, 0.6) is 0 Å². The number of phosphoric acid groups is 1. The van der Waals surface area contributed by atoms with E-state index in [1.165, 1.54) is 0 Å². The fourth-order valence-electron chi connectivity index (χ4n) is 2.40. The van der Waals surface area contributed by atoms with E-state index in [9.17, 15) is 18.9 Å². The summed E-state index contributed by atoms with van der Waals surface area (Å²) in [5.74, 6) is -1.58. The van der Waals surface area contributed by atoms with Gasteiger partial charge in [0, 0.05) is 31.6 Å². The molecule has 1 aliphatic heterocycles. The third kappa shape index (κ3) is 9.95. The highest BCUT2D eigenvalue weighted by Crippen LogP contribution is 2.57. The second-order valence-corrected chi connectivity index (χ2v) is 10.6. The van der Waals surface area contributed by atoms with Crippen LogP contribution >= 0.6 is 7.82 Å². The van der Waals surface area contributed by atoms with Crippen molar-refractivity contribution < 1.29 is 46.7 Å². The topological polar surface area (TPSA) is 136 Å². The number of carbonyl (C=O) groups is 3. The normalized spacial score (nSPS) is 22.8. The second-order valence-electron chi connectivity index (χ2n) is 8.94. The van der Waals surface area contributed by atoms with Crippen molar-refractivity contribution in [2.75, 3.05) is 39.8 Å². The summed E-state index contributed by atoms with van der Waals surface area (Å²) in [5, 5.41) is 2.57. The molecule has 0 bridgehead atoms. The van der Waals surface area contributed by atoms with Crippen LogP contribution in [-0.2, 0) is 46.7 Å². The molecule has 1 heterocycles. The number of hydrogen-bond donors (Lipinski definition) is 1. The van der Waals surface area contributed by atoms with Gasteiger partial charge in [0.2, 0.25) is 12.7 Å². The van der Waals surface area contributed by atoms with Crippen molar-refractivity contribution in [2.45, 2.75) is 60.5 Å². The Morgan fingerprint density at radius 2 is 1.84 bits per heavy atom. The van der Waals surface area contributed by atoms with Crippen molar-refractivity contribution >= 4 is 25.7 Å². The van der Waals surface area contributed by atoms with Gasteiger partial charge in [-0.05, 0) is 27.7 Å². The van der Waals surface area contributed by atoms with Gasteiger partial charge in [0.05, 0.1) is 25.0 Å². The summed E-state index contributed by atoms with van der Waals surface area (Å²) in [6.45, 7) is 10.9. The van der Waals surface area contributed by atoms with Gasteiger partial charge < -0.3 is 19.5 Å². The van der Waals surface area contributed by atoms with Crippen LogP contribution in [0.15, 0.2) is 0 Å². The smallest absolute Gasteiger partial charge is 0.466 e. The van der Waals surface area contributed by atoms with E-state index in [2.05, 4.69) is 5.32 Å². The zero-order valence-electron chi connectivity index (χ0n) is 19.8. The fourth-order valence-corrected chi connectivity index (χ4v) is 3.91. The SMILES string of the molecule is CCOCCCOC(=O)CCNC(=O)[C@@H]1OP(=O)(OCOC(=O)C(C)(C)C)OCC1(C)C. The van der Waals surface area contributed by atoms with Crippen LogP contribution in [0.25, 0.3) is 0 Å². The maximum absolute atomic E-state index is 12.7. The first-order valence-electron chi connectivity index (χ1n) is 10.6. The molecule has 32 heavy (non-hydrogen) atoms. The molecule has 1 N–H and O–H groups in total. The highest BCUT2D eigenvalue weighted by Gasteiger charge is 2.49. The maximum Gasteiger partial charge on any atom is 0.478 e. The highest BCUT2D eigenvalue weighted by atomic mass is 31.2. The van der Waals surface area contributed by atoms with Gasteiger partial charge in [-0.25, -0.2) is 9.09 Å². The number of esters is 2. The van der Waals surface area contributed by atoms with Crippen molar-refractivity contribution in [3.05, 3.63) is 0 Å². The number of nitrogens with one attached hydrogen (secondary N) is 1. The molecule has 12 heteroatoms. The van der Waals surface area contributed by atoms with E-state index in [1.54, 1.807) is 34.6 Å². The maximum atomic E-state index is 12.7. The fraction of sp³-hybridized carbons (Fsp3) is 0.850. The van der Waals surface area contributed by atoms with E-state index >= 15 is 0 Å². The molecule has 1 amide bonds. The molecular weight excluding hydrogens is 445 g/mol. The summed E-state index contributed by atoms with van der Waals surface area (Å²) in [5.41, 5.74) is -1.58. The molecule has 0 radical (unpaired) electrons. The Bertz CT molecular complexity index is 688. The summed E-state index contributed by atoms with van der Waals surface area (Å²) in [6.07, 6.45) is -0.597. The second kappa shape index (κ2) is 12.6. The minimum absolute atomic E-state index is 0.0221. The molecule has 1 saturated heterocycles. The predicted molar refractivity (Wildman–Crippen MR) is 113 cm³/mol. The zero-order chi connectivity index (χ0) is 24.4. The summed E-state index contributed by atoms with van der Waals surface area (Å²) < 4.78 is 43.4. The lowest BCUT2D eigenvalue weighted by molar-refractivity contribution is -0.163. The number of rotatable bonds is 12. The Kier molecular flexibility index (Phi) is 11.3. The van der Waals surface area contributed by atoms with Crippen LogP contribution in [-0.4, -0.2) is 63.7 Å². The number of phosphoric ester groups is 1. The van der Waals surface area contributed by atoms with Crippen molar-refractivity contribution in [3.8, 4) is 0 Å². The largest absolute Gasteiger partial charge is 0.478 e. The molecule has 0 saturated carbocycles. The Hall–Kier alpha value is -1.52. The summed E-state index contributed by atoms with van der Waals surface area (Å²) in [7, 11) is -4.13. The Balaban J connectivity index is 2.49. The molecule has 0 spiro atoms. The highest BCUT2D eigenvalue weighted by molar-refractivity contribution is 7.48. The molecule has 0 aromatic carbocycles. The van der Waals surface area contributed by atoms with Crippen LogP contribution in [0.4, 0.5) is 0 Å². The van der Waals surface area contributed by atoms with E-state index in [0.29, 0.717) is 19.6 Å². The lowest BCUT2D eigenvalue weighted by Gasteiger charge is -2.39. The third-order valence-electron chi connectivity index (χ3n) is 4.32. The number of amides is 1. The van der Waals surface area contributed by atoms with Gasteiger partial charge in [-0.2, -0.15) is 0 Å². The number of carbonyl (C=O) groups excluding carboxylic acids is 3. The van der Waals surface area contributed by atoms with Crippen LogP contribution in [0.2, 0.25) is 0 Å². The molecule has 1 unspecified atom stereocenters. The van der Waals surface area contributed by atoms with E-state index in [4.69, 9.17) is 27.8 Å². The quantitative estimate of drug-likeness (QED) is 0.192. The van der Waals surface area contributed by atoms with Crippen LogP contribution in [0.1, 0.15) is 54.4 Å². The predicted octanol–water partition coefficient (Wildman–Crippen LogP) is 2.58. The average Bonchev–Trinajstić information content (AvgIpc) is 2.69. The first-order valence-corrected chi connectivity index (χ1v) is 12.0. The minimum atomic E-state index is -4.13. The summed E-state index contributed by atoms with van der Waals surface area (Å²) in [4.78, 5) is 36.1. The molecule has 0 aromatic heterocycles. The van der Waals surface area contributed by atoms with E-state index in [1.807, 2.05) is 6.92 Å². The molecule has 11 nitrogen and oxygen atoms in total. The monoisotopic (exact) mass is 481 g/mol. The standard InChI is InChI=1S/C20H36NO10P/c1-7-26-11-8-12-27-15(22)9-10-21-17(23)16-20(5,6)13-29-32(25,31-16)30-14-28-18(24)19(2,3)4/h16H,7-14H2,1-6H3,(H,21,23)/t16-,32?/m0/s1. The Morgan fingerprint density at radius 3 is 2.47 bits per heavy atom. The lowest BCUT2D eigenvalue weighted by atomic mass is 9.87. The van der Waals surface area contributed by atoms with E-state index < -0.39 is 49.4 Å². The van der Waals surface area contributed by atoms with E-state index in [-0.39, 0.29) is 26.2 Å². The molecule has 186 valence electrons. The van der Waals surface area contributed by atoms with Gasteiger partial charge in [-0.3, -0.25) is 23.4 Å². The molecular formula is C20H36NO10P. The van der Waals surface area contributed by atoms with Gasteiger partial charge in [0.25, 0.3) is 0 Å². The third-order valence-corrected chi connectivity index (χ3v) is 5.65. The zero-order valence-corrected chi connectivity index (χ0v) is 20.7. The van der Waals surface area contributed by atoms with Crippen molar-refractivity contribution in [3.63, 3.8) is 0 Å². The molecule has 1 fully saturated rings. The van der Waals surface area contributed by atoms with Crippen molar-refractivity contribution in [1.29, 1.82) is 0 Å². The molecule has 2 atom stereocenters. The van der Waals surface area contributed by atoms with Gasteiger partial charge in [-0.1, -0.05) is 13.8 Å². The number of ether oxygens (including phenoxy) is 3. The van der Waals surface area contributed by atoms with Crippen molar-refractivity contribution in [2.24, 2.45) is 10.8 Å². The Labute approximate surface area is 189 Å². The van der Waals surface area contributed by atoms with Gasteiger partial charge in [0.15, 0.2) is 6.10 Å². The summed E-state index contributed by atoms with van der Waals surface area (Å²) in [6, 6.07) is 0. The lowest BCUT2D eigenvalue weighted by Crippen LogP contribution is -2.50. The summed E-state index contributed by atoms with van der Waals surface area (Å²) >= 11 is 0. The first-order chi connectivity index (χ1) is 14.8. The molecule has 0 aliphatic carbocycles. The van der Waals surface area contributed by atoms with Crippen LogP contribution < -0.4 is 5.32 Å². The molecule has 0 aromatic rings. The van der Waals surface area contributed by atoms with Gasteiger partial charge in [-0.15, -0.1) is 0 Å². The van der Waals surface area contributed by atoms with Gasteiger partial charge in [0.1, 0.15) is 0 Å². The average molecular weight is 481 g/mol. The van der Waals surface area contributed by atoms with Gasteiger partial charge >= 0.3 is 19.8 Å². The Morgan fingerprint density at radius 1 is 1.16 bits per heavy atom. The molecule has 1 rings (SSSR count). The molecule has 1 aliphatic rings. The van der Waals surface area contributed by atoms with Crippen molar-refractivity contribution in [1.82, 2.24) is 5.32 Å².